The molecule has 1 aliphatic heterocycles. The van der Waals surface area contributed by atoms with Crippen LogP contribution in [0.5, 0.6) is 0 Å². The minimum Gasteiger partial charge on any atom is -0.311 e. The van der Waals surface area contributed by atoms with Gasteiger partial charge < -0.3 is 10.2 Å². The molecule has 2 rings (SSSR count). The van der Waals surface area contributed by atoms with Gasteiger partial charge in [0.05, 0.1) is 17.7 Å². The Kier molecular flexibility index (Phi) is 3.96. The Bertz CT molecular complexity index is 459. The summed E-state index contributed by atoms with van der Waals surface area (Å²) in [4.78, 5) is 14.1. The average Bonchev–Trinajstić information content (AvgIpc) is 2.42. The maximum Gasteiger partial charge on any atom is 0.244 e. The summed E-state index contributed by atoms with van der Waals surface area (Å²) in [5.41, 5.74) is 1.49. The Morgan fingerprint density at radius 3 is 2.78 bits per heavy atom. The van der Waals surface area contributed by atoms with Crippen molar-refractivity contribution in [3.8, 4) is 6.07 Å². The number of nitriles is 1. The topological polar surface area (TPSA) is 56.1 Å². The number of likely N-dealkylation sites (N-methyl/N-ethyl adjacent to an activating group) is 1. The molecule has 1 fully saturated rings. The van der Waals surface area contributed by atoms with E-state index in [9.17, 15) is 4.79 Å². The van der Waals surface area contributed by atoms with E-state index in [1.165, 1.54) is 0 Å². The number of anilines is 1. The molecule has 1 heterocycles. The van der Waals surface area contributed by atoms with Crippen LogP contribution in [0.1, 0.15) is 25.3 Å². The van der Waals surface area contributed by atoms with Crippen LogP contribution in [0.15, 0.2) is 24.3 Å². The lowest BCUT2D eigenvalue weighted by Crippen LogP contribution is -2.50. The van der Waals surface area contributed by atoms with Crippen LogP contribution in [0.25, 0.3) is 0 Å². The van der Waals surface area contributed by atoms with Crippen molar-refractivity contribution in [2.24, 2.45) is 0 Å². The second kappa shape index (κ2) is 5.65. The van der Waals surface area contributed by atoms with E-state index in [2.05, 4.69) is 11.4 Å². The normalized spacial score (nSPS) is 19.7. The highest BCUT2D eigenvalue weighted by Crippen LogP contribution is 2.21. The molecule has 0 aromatic heterocycles. The molecule has 94 valence electrons. The molecule has 1 atom stereocenters. The average molecular weight is 243 g/mol. The van der Waals surface area contributed by atoms with E-state index in [1.54, 1.807) is 17.0 Å². The first-order valence-corrected chi connectivity index (χ1v) is 6.31. The van der Waals surface area contributed by atoms with E-state index < -0.39 is 0 Å². The predicted octanol–water partition coefficient (Wildman–Crippen LogP) is 1.66. The fourth-order valence-corrected chi connectivity index (χ4v) is 2.28. The van der Waals surface area contributed by atoms with Gasteiger partial charge in [-0.3, -0.25) is 4.79 Å². The minimum atomic E-state index is -0.0700. The number of benzene rings is 1. The molecule has 18 heavy (non-hydrogen) atoms. The summed E-state index contributed by atoms with van der Waals surface area (Å²) >= 11 is 0. The minimum absolute atomic E-state index is 0.0700. The van der Waals surface area contributed by atoms with Gasteiger partial charge in [-0.1, -0.05) is 6.92 Å². The third-order valence-corrected chi connectivity index (χ3v) is 3.20. The monoisotopic (exact) mass is 243 g/mol. The van der Waals surface area contributed by atoms with Crippen molar-refractivity contribution in [1.82, 2.24) is 5.32 Å². The van der Waals surface area contributed by atoms with E-state index >= 15 is 0 Å². The Balaban J connectivity index is 2.16. The molecule has 1 aliphatic rings. The molecule has 0 aliphatic carbocycles. The molecule has 0 spiro atoms. The van der Waals surface area contributed by atoms with Gasteiger partial charge in [-0.15, -0.1) is 0 Å². The maximum atomic E-state index is 12.3. The van der Waals surface area contributed by atoms with Gasteiger partial charge in [-0.2, -0.15) is 5.26 Å². The molecule has 1 aromatic rings. The fourth-order valence-electron chi connectivity index (χ4n) is 2.28. The molecule has 4 heteroatoms. The first-order valence-electron chi connectivity index (χ1n) is 6.31. The van der Waals surface area contributed by atoms with Gasteiger partial charge in [-0.25, -0.2) is 0 Å². The molecular formula is C14H17N3O. The van der Waals surface area contributed by atoms with Crippen LogP contribution < -0.4 is 10.2 Å². The number of hydrogen-bond donors (Lipinski definition) is 1. The van der Waals surface area contributed by atoms with Crippen LogP contribution in [0.3, 0.4) is 0 Å². The van der Waals surface area contributed by atoms with Gasteiger partial charge in [0.2, 0.25) is 5.91 Å². The van der Waals surface area contributed by atoms with Crippen molar-refractivity contribution in [1.29, 1.82) is 5.26 Å². The Morgan fingerprint density at radius 1 is 1.44 bits per heavy atom. The smallest absolute Gasteiger partial charge is 0.244 e. The Labute approximate surface area is 107 Å². The van der Waals surface area contributed by atoms with Crippen molar-refractivity contribution in [3.63, 3.8) is 0 Å². The number of hydrogen-bond acceptors (Lipinski definition) is 3. The van der Waals surface area contributed by atoms with E-state index in [1.807, 2.05) is 19.1 Å². The van der Waals surface area contributed by atoms with Crippen LogP contribution in [0.4, 0.5) is 5.69 Å². The molecule has 0 saturated carbocycles. The van der Waals surface area contributed by atoms with Crippen LogP contribution in [0.2, 0.25) is 0 Å². The number of piperidine rings is 1. The zero-order valence-corrected chi connectivity index (χ0v) is 10.5. The summed E-state index contributed by atoms with van der Waals surface area (Å²) in [7, 11) is 0. The molecule has 0 bridgehead atoms. The lowest BCUT2D eigenvalue weighted by molar-refractivity contribution is -0.121. The van der Waals surface area contributed by atoms with Gasteiger partial charge in [0.15, 0.2) is 0 Å². The van der Waals surface area contributed by atoms with Gasteiger partial charge in [0.1, 0.15) is 0 Å². The molecule has 4 nitrogen and oxygen atoms in total. The second-order valence-corrected chi connectivity index (χ2v) is 4.40. The SMILES string of the molecule is CCNC1CCCN(c2ccc(C#N)cc2)C1=O. The third-order valence-electron chi connectivity index (χ3n) is 3.20. The lowest BCUT2D eigenvalue weighted by atomic mass is 10.0. The van der Waals surface area contributed by atoms with Crippen LogP contribution in [-0.4, -0.2) is 25.0 Å². The fraction of sp³-hybridized carbons (Fsp3) is 0.429. The number of rotatable bonds is 3. The van der Waals surface area contributed by atoms with Crippen molar-refractivity contribution in [2.45, 2.75) is 25.8 Å². The lowest BCUT2D eigenvalue weighted by Gasteiger charge is -2.32. The number of nitrogens with zero attached hydrogens (tertiary/aromatic N) is 2. The van der Waals surface area contributed by atoms with Gasteiger partial charge >= 0.3 is 0 Å². The van der Waals surface area contributed by atoms with Crippen LogP contribution in [0, 0.1) is 11.3 Å². The highest BCUT2D eigenvalue weighted by molar-refractivity contribution is 5.97. The summed E-state index contributed by atoms with van der Waals surface area (Å²) in [6.07, 6.45) is 1.91. The Hall–Kier alpha value is -1.86. The van der Waals surface area contributed by atoms with Crippen molar-refractivity contribution in [3.05, 3.63) is 29.8 Å². The summed E-state index contributed by atoms with van der Waals surface area (Å²) in [6.45, 7) is 3.57. The largest absolute Gasteiger partial charge is 0.311 e. The molecule has 1 aromatic carbocycles. The number of nitrogens with one attached hydrogen (secondary N) is 1. The number of carbonyl (C=O) groups excluding carboxylic acids is 1. The standard InChI is InChI=1S/C14H17N3O/c1-2-16-13-4-3-9-17(14(13)18)12-7-5-11(10-15)6-8-12/h5-8,13,16H,2-4,9H2,1H3. The molecule has 1 unspecified atom stereocenters. The van der Waals surface area contributed by atoms with E-state index in [0.717, 1.165) is 31.6 Å². The summed E-state index contributed by atoms with van der Waals surface area (Å²) < 4.78 is 0. The second-order valence-electron chi connectivity index (χ2n) is 4.40. The van der Waals surface area contributed by atoms with Crippen LogP contribution >= 0.6 is 0 Å². The molecule has 0 radical (unpaired) electrons. The molecule has 1 saturated heterocycles. The first kappa shape index (κ1) is 12.6. The van der Waals surface area contributed by atoms with Crippen LogP contribution in [-0.2, 0) is 4.79 Å². The zero-order valence-electron chi connectivity index (χ0n) is 10.5. The van der Waals surface area contributed by atoms with Gasteiger partial charge in [0.25, 0.3) is 0 Å². The molecule has 1 amide bonds. The Morgan fingerprint density at radius 2 is 2.17 bits per heavy atom. The maximum absolute atomic E-state index is 12.3. The summed E-state index contributed by atoms with van der Waals surface area (Å²) in [6, 6.07) is 9.19. The number of amides is 1. The van der Waals surface area contributed by atoms with Crippen molar-refractivity contribution >= 4 is 11.6 Å². The highest BCUT2D eigenvalue weighted by atomic mass is 16.2. The quantitative estimate of drug-likeness (QED) is 0.878. The van der Waals surface area contributed by atoms with E-state index in [-0.39, 0.29) is 11.9 Å². The van der Waals surface area contributed by atoms with E-state index in [4.69, 9.17) is 5.26 Å². The molecular weight excluding hydrogens is 226 g/mol. The predicted molar refractivity (Wildman–Crippen MR) is 70.2 cm³/mol. The van der Waals surface area contributed by atoms with Crippen molar-refractivity contribution in [2.75, 3.05) is 18.0 Å². The van der Waals surface area contributed by atoms with Crippen molar-refractivity contribution < 1.29 is 4.79 Å². The first-order chi connectivity index (χ1) is 8.76. The molecule has 1 N–H and O–H groups in total. The summed E-state index contributed by atoms with van der Waals surface area (Å²) in [5.74, 6) is 0.132. The van der Waals surface area contributed by atoms with Gasteiger partial charge in [-0.05, 0) is 43.7 Å². The summed E-state index contributed by atoms with van der Waals surface area (Å²) in [5, 5.41) is 12.0. The number of carbonyl (C=O) groups is 1. The zero-order chi connectivity index (χ0) is 13.0. The third kappa shape index (κ3) is 2.52. The van der Waals surface area contributed by atoms with Gasteiger partial charge in [0, 0.05) is 12.2 Å². The highest BCUT2D eigenvalue weighted by Gasteiger charge is 2.28. The van der Waals surface area contributed by atoms with E-state index in [0.29, 0.717) is 5.56 Å².